The summed E-state index contributed by atoms with van der Waals surface area (Å²) in [4.78, 5) is 11.9. The molecule has 2 aromatic rings. The molecule has 0 aromatic heterocycles. The van der Waals surface area contributed by atoms with Crippen LogP contribution in [0.4, 0.5) is 0 Å². The van der Waals surface area contributed by atoms with E-state index in [1.165, 1.54) is 11.6 Å². The van der Waals surface area contributed by atoms with Crippen molar-refractivity contribution in [3.05, 3.63) is 69.7 Å². The molecule has 1 nitrogen and oxygen atoms in total. The number of carbonyl (C=O) groups is 1. The quantitative estimate of drug-likeness (QED) is 0.452. The van der Waals surface area contributed by atoms with Gasteiger partial charge in [0.2, 0.25) is 5.78 Å². The van der Waals surface area contributed by atoms with E-state index in [1.54, 1.807) is 12.1 Å². The normalized spacial score (nSPS) is 9.70. The molecule has 0 saturated heterocycles. The van der Waals surface area contributed by atoms with Crippen LogP contribution in [0.5, 0.6) is 0 Å². The first-order valence-corrected chi connectivity index (χ1v) is 6.94. The summed E-state index contributed by atoms with van der Waals surface area (Å²) in [7, 11) is 0. The van der Waals surface area contributed by atoms with Crippen molar-refractivity contribution in [1.82, 2.24) is 0 Å². The fourth-order valence-electron chi connectivity index (χ4n) is 1.73. The van der Waals surface area contributed by atoms with E-state index in [0.29, 0.717) is 22.0 Å². The van der Waals surface area contributed by atoms with E-state index in [0.717, 1.165) is 6.42 Å². The average Bonchev–Trinajstić information content (AvgIpc) is 2.47. The number of ketones is 1. The lowest BCUT2D eigenvalue weighted by Gasteiger charge is -1.98. The molecule has 0 atom stereocenters. The third kappa shape index (κ3) is 4.13. The summed E-state index contributed by atoms with van der Waals surface area (Å²) in [6, 6.07) is 14.8. The van der Waals surface area contributed by atoms with E-state index in [-0.39, 0.29) is 5.78 Å². The van der Waals surface area contributed by atoms with Gasteiger partial charge in [-0.3, -0.25) is 4.79 Å². The van der Waals surface area contributed by atoms with Gasteiger partial charge in [-0.25, -0.2) is 0 Å². The molecule has 0 N–H and O–H groups in total. The number of benzene rings is 2. The van der Waals surface area contributed by atoms with Gasteiger partial charge in [-0.05, 0) is 36.1 Å². The Hall–Kier alpha value is -1.75. The molecule has 2 aromatic carbocycles. The summed E-state index contributed by atoms with van der Waals surface area (Å²) >= 11 is 11.8. The molecule has 0 amide bonds. The summed E-state index contributed by atoms with van der Waals surface area (Å²) < 4.78 is 0. The van der Waals surface area contributed by atoms with Crippen LogP contribution >= 0.6 is 23.2 Å². The minimum Gasteiger partial charge on any atom is -0.279 e. The maximum Gasteiger partial charge on any atom is 0.237 e. The van der Waals surface area contributed by atoms with Crippen LogP contribution in [0.2, 0.25) is 10.0 Å². The molecule has 2 rings (SSSR count). The van der Waals surface area contributed by atoms with Crippen LogP contribution in [-0.4, -0.2) is 5.78 Å². The second-order valence-electron chi connectivity index (χ2n) is 4.24. The molecule has 0 radical (unpaired) electrons. The van der Waals surface area contributed by atoms with Gasteiger partial charge in [-0.1, -0.05) is 59.5 Å². The van der Waals surface area contributed by atoms with Crippen molar-refractivity contribution in [2.75, 3.05) is 0 Å². The van der Waals surface area contributed by atoms with E-state index >= 15 is 0 Å². The van der Waals surface area contributed by atoms with E-state index in [9.17, 15) is 4.79 Å². The molecule has 0 heterocycles. The predicted octanol–water partition coefficient (Wildman–Crippen LogP) is 4.81. The van der Waals surface area contributed by atoms with Crippen molar-refractivity contribution in [1.29, 1.82) is 0 Å². The Labute approximate surface area is 128 Å². The van der Waals surface area contributed by atoms with E-state index in [1.807, 2.05) is 30.3 Å². The van der Waals surface area contributed by atoms with Crippen LogP contribution in [0, 0.1) is 11.8 Å². The van der Waals surface area contributed by atoms with E-state index in [4.69, 9.17) is 23.2 Å². The smallest absolute Gasteiger partial charge is 0.237 e. The predicted molar refractivity (Wildman–Crippen MR) is 83.3 cm³/mol. The second kappa shape index (κ2) is 7.14. The Morgan fingerprint density at radius 2 is 1.80 bits per heavy atom. The zero-order valence-electron chi connectivity index (χ0n) is 10.7. The highest BCUT2D eigenvalue weighted by molar-refractivity contribution is 6.36. The lowest BCUT2D eigenvalue weighted by Crippen LogP contribution is -1.96. The Morgan fingerprint density at radius 3 is 2.55 bits per heavy atom. The van der Waals surface area contributed by atoms with Crippen LogP contribution in [0.25, 0.3) is 0 Å². The summed E-state index contributed by atoms with van der Waals surface area (Å²) in [5.41, 5.74) is 1.56. The summed E-state index contributed by atoms with van der Waals surface area (Å²) in [6.07, 6.45) is 1.46. The van der Waals surface area contributed by atoms with Crippen molar-refractivity contribution in [2.24, 2.45) is 0 Å². The number of carbonyl (C=O) groups excluding carboxylic acids is 1. The van der Waals surface area contributed by atoms with Gasteiger partial charge in [0.25, 0.3) is 0 Å². The van der Waals surface area contributed by atoms with Gasteiger partial charge in [-0.15, -0.1) is 0 Å². The minimum absolute atomic E-state index is 0.300. The van der Waals surface area contributed by atoms with Crippen molar-refractivity contribution >= 4 is 29.0 Å². The first kappa shape index (κ1) is 14.7. The number of halogens is 2. The van der Waals surface area contributed by atoms with Gasteiger partial charge in [0.1, 0.15) is 0 Å². The first-order chi connectivity index (χ1) is 9.66. The maximum atomic E-state index is 11.9. The molecule has 0 bridgehead atoms. The number of hydrogen-bond acceptors (Lipinski definition) is 1. The van der Waals surface area contributed by atoms with Crippen LogP contribution in [-0.2, 0) is 6.42 Å². The molecular formula is C17H12Cl2O. The Balaban J connectivity index is 1.98. The second-order valence-corrected chi connectivity index (χ2v) is 5.08. The Bertz CT molecular complexity index is 666. The standard InChI is InChI=1S/C17H12Cl2O/c18-14-10-11-16(19)15(12-14)17(20)9-5-4-8-13-6-2-1-3-7-13/h1-3,6-7,10-12H,4,8H2. The van der Waals surface area contributed by atoms with Crippen LogP contribution in [0.3, 0.4) is 0 Å². The van der Waals surface area contributed by atoms with Crippen molar-refractivity contribution in [3.8, 4) is 11.8 Å². The number of Topliss-reactive ketones (excluding diaryl/α,β-unsaturated/α-hetero) is 1. The zero-order chi connectivity index (χ0) is 14.4. The maximum absolute atomic E-state index is 11.9. The van der Waals surface area contributed by atoms with Crippen LogP contribution in [0.1, 0.15) is 22.3 Å². The monoisotopic (exact) mass is 302 g/mol. The lowest BCUT2D eigenvalue weighted by atomic mass is 10.1. The van der Waals surface area contributed by atoms with Gasteiger partial charge in [0.15, 0.2) is 0 Å². The van der Waals surface area contributed by atoms with Crippen LogP contribution < -0.4 is 0 Å². The van der Waals surface area contributed by atoms with Gasteiger partial charge in [0, 0.05) is 11.4 Å². The molecule has 0 unspecified atom stereocenters. The van der Waals surface area contributed by atoms with E-state index in [2.05, 4.69) is 11.8 Å². The topological polar surface area (TPSA) is 17.1 Å². The third-order valence-electron chi connectivity index (χ3n) is 2.76. The lowest BCUT2D eigenvalue weighted by molar-refractivity contribution is 0.105. The third-order valence-corrected chi connectivity index (χ3v) is 3.32. The highest BCUT2D eigenvalue weighted by atomic mass is 35.5. The van der Waals surface area contributed by atoms with Crippen molar-refractivity contribution < 1.29 is 4.79 Å². The molecule has 0 spiro atoms. The molecule has 0 aliphatic heterocycles. The average molecular weight is 303 g/mol. The molecule has 0 aliphatic rings. The molecule has 0 saturated carbocycles. The molecule has 3 heteroatoms. The highest BCUT2D eigenvalue weighted by Gasteiger charge is 2.08. The fraction of sp³-hybridized carbons (Fsp3) is 0.118. The number of aryl methyl sites for hydroxylation is 1. The molecule has 100 valence electrons. The first-order valence-electron chi connectivity index (χ1n) is 6.19. The summed E-state index contributed by atoms with van der Waals surface area (Å²) in [6.45, 7) is 0. The number of rotatable bonds is 3. The Kier molecular flexibility index (Phi) is 5.24. The highest BCUT2D eigenvalue weighted by Crippen LogP contribution is 2.20. The molecular weight excluding hydrogens is 291 g/mol. The minimum atomic E-state index is -0.300. The molecule has 0 aliphatic carbocycles. The molecule has 20 heavy (non-hydrogen) atoms. The largest absolute Gasteiger partial charge is 0.279 e. The van der Waals surface area contributed by atoms with Crippen LogP contribution in [0.15, 0.2) is 48.5 Å². The fourth-order valence-corrected chi connectivity index (χ4v) is 2.11. The zero-order valence-corrected chi connectivity index (χ0v) is 12.2. The van der Waals surface area contributed by atoms with Gasteiger partial charge >= 0.3 is 0 Å². The summed E-state index contributed by atoms with van der Waals surface area (Å²) in [5.74, 6) is 5.18. The Morgan fingerprint density at radius 1 is 1.05 bits per heavy atom. The number of hydrogen-bond donors (Lipinski definition) is 0. The molecule has 0 fully saturated rings. The van der Waals surface area contributed by atoms with E-state index < -0.39 is 0 Å². The van der Waals surface area contributed by atoms with Crippen molar-refractivity contribution in [2.45, 2.75) is 12.8 Å². The van der Waals surface area contributed by atoms with Gasteiger partial charge < -0.3 is 0 Å². The van der Waals surface area contributed by atoms with Gasteiger partial charge in [-0.2, -0.15) is 0 Å². The summed E-state index contributed by atoms with van der Waals surface area (Å²) in [5, 5.41) is 0.848. The van der Waals surface area contributed by atoms with Crippen molar-refractivity contribution in [3.63, 3.8) is 0 Å². The SMILES string of the molecule is O=C(C#CCCc1ccccc1)c1cc(Cl)ccc1Cl. The van der Waals surface area contributed by atoms with Gasteiger partial charge in [0.05, 0.1) is 10.6 Å².